The van der Waals surface area contributed by atoms with Crippen molar-refractivity contribution in [1.29, 1.82) is 0 Å². The molecule has 6 atom stereocenters. The molecule has 234 valence electrons. The number of carbonyl (C=O) groups is 4. The summed E-state index contributed by atoms with van der Waals surface area (Å²) < 4.78 is 12.8. The molecule has 2 aliphatic carbocycles. The molecule has 1 aromatic rings. The molecule has 2 aliphatic heterocycles. The molecule has 0 aromatic heterocycles. The van der Waals surface area contributed by atoms with E-state index in [1.54, 1.807) is 13.1 Å². The van der Waals surface area contributed by atoms with Crippen molar-refractivity contribution in [3.63, 3.8) is 0 Å². The molecule has 1 saturated heterocycles. The summed E-state index contributed by atoms with van der Waals surface area (Å²) in [5.74, 6) is 0.169. The number of likely N-dealkylation sites (N-methyl/N-ethyl adjacent to an activating group) is 2. The van der Waals surface area contributed by atoms with Gasteiger partial charge in [0.25, 0.3) is 0 Å². The number of carbonyl (C=O) groups excluding carboxylic acids is 4. The molecular formula is C32H45N4O7+. The third kappa shape index (κ3) is 5.00. The number of hydrogen-bond donors (Lipinski definition) is 3. The van der Waals surface area contributed by atoms with E-state index in [-0.39, 0.29) is 54.8 Å². The molecule has 1 aromatic carbocycles. The Hall–Kier alpha value is -3.44. The van der Waals surface area contributed by atoms with Gasteiger partial charge in [-0.2, -0.15) is 0 Å². The van der Waals surface area contributed by atoms with E-state index in [1.807, 2.05) is 26.0 Å². The standard InChI is InChI=1S/C32H44N4O7/c1-7-15-36(6)16-12-31-26-21-8-9-24(27(26)43-28(31)23(38)10-11-32(31,41)25(36)18-21)42-30(40)35(5)14-13-33-29(39)22(17-19(2)3)34-20(4)37/h7-9,19,22,25,28,41H,1,10-18H2,2-6H3,(H-,33,34,37,39)/p+1/t22-,25+,28-,31-,32+,36?/m0/s1. The lowest BCUT2D eigenvalue weighted by molar-refractivity contribution is -0.944. The predicted octanol–water partition coefficient (Wildman–Crippen LogP) is 1.84. The zero-order valence-electron chi connectivity index (χ0n) is 25.9. The van der Waals surface area contributed by atoms with E-state index >= 15 is 0 Å². The fraction of sp³-hybridized carbons (Fsp3) is 0.625. The summed E-state index contributed by atoms with van der Waals surface area (Å²) in [5.41, 5.74) is -0.194. The van der Waals surface area contributed by atoms with Crippen LogP contribution in [0.5, 0.6) is 11.5 Å². The number of nitrogens with zero attached hydrogens (tertiary/aromatic N) is 2. The molecule has 43 heavy (non-hydrogen) atoms. The average molecular weight is 598 g/mol. The number of Topliss-reactive ketones (excluding diaryl/α,β-unsaturated/α-hetero) is 1. The third-order valence-electron chi connectivity index (χ3n) is 10.1. The van der Waals surface area contributed by atoms with E-state index in [0.717, 1.165) is 24.2 Å². The minimum Gasteiger partial charge on any atom is -0.477 e. The zero-order chi connectivity index (χ0) is 31.3. The normalized spacial score (nSPS) is 30.5. The van der Waals surface area contributed by atoms with Crippen LogP contribution in [0.4, 0.5) is 4.79 Å². The van der Waals surface area contributed by atoms with Gasteiger partial charge in [0.15, 0.2) is 23.4 Å². The van der Waals surface area contributed by atoms with Crippen LogP contribution in [0.25, 0.3) is 0 Å². The van der Waals surface area contributed by atoms with E-state index in [9.17, 15) is 24.3 Å². The van der Waals surface area contributed by atoms with E-state index in [4.69, 9.17) is 9.47 Å². The van der Waals surface area contributed by atoms with Gasteiger partial charge in [-0.05, 0) is 36.5 Å². The summed E-state index contributed by atoms with van der Waals surface area (Å²) in [5, 5.41) is 17.9. The van der Waals surface area contributed by atoms with Gasteiger partial charge in [-0.3, -0.25) is 14.4 Å². The third-order valence-corrected chi connectivity index (χ3v) is 10.1. The van der Waals surface area contributed by atoms with Crippen molar-refractivity contribution in [3.05, 3.63) is 35.9 Å². The van der Waals surface area contributed by atoms with Crippen LogP contribution < -0.4 is 20.1 Å². The quantitative estimate of drug-likeness (QED) is 0.277. The van der Waals surface area contributed by atoms with Crippen molar-refractivity contribution in [1.82, 2.24) is 15.5 Å². The average Bonchev–Trinajstić information content (AvgIpc) is 3.30. The van der Waals surface area contributed by atoms with Gasteiger partial charge in [-0.1, -0.05) is 26.5 Å². The minimum atomic E-state index is -1.14. The fourth-order valence-electron chi connectivity index (χ4n) is 8.09. The molecule has 2 bridgehead atoms. The highest BCUT2D eigenvalue weighted by Gasteiger charge is 2.76. The molecule has 3 amide bonds. The number of benzene rings is 1. The number of rotatable bonds is 10. The van der Waals surface area contributed by atoms with Gasteiger partial charge in [0.2, 0.25) is 11.8 Å². The topological polar surface area (TPSA) is 134 Å². The fourth-order valence-corrected chi connectivity index (χ4v) is 8.09. The van der Waals surface area contributed by atoms with Gasteiger partial charge in [0.05, 0.1) is 25.6 Å². The van der Waals surface area contributed by atoms with Crippen molar-refractivity contribution < 1.29 is 38.2 Å². The van der Waals surface area contributed by atoms with Gasteiger partial charge in [-0.15, -0.1) is 0 Å². The summed E-state index contributed by atoms with van der Waals surface area (Å²) in [4.78, 5) is 52.0. The van der Waals surface area contributed by atoms with Crippen LogP contribution in [0.3, 0.4) is 0 Å². The van der Waals surface area contributed by atoms with E-state index in [1.165, 1.54) is 11.8 Å². The maximum Gasteiger partial charge on any atom is 0.415 e. The molecule has 11 nitrogen and oxygen atoms in total. The van der Waals surface area contributed by atoms with Crippen LogP contribution in [0.2, 0.25) is 0 Å². The van der Waals surface area contributed by atoms with E-state index in [2.05, 4.69) is 24.3 Å². The molecule has 2 heterocycles. The molecule has 11 heteroatoms. The highest BCUT2D eigenvalue weighted by Crippen LogP contribution is 2.65. The molecular weight excluding hydrogens is 552 g/mol. The van der Waals surface area contributed by atoms with E-state index < -0.39 is 29.3 Å². The summed E-state index contributed by atoms with van der Waals surface area (Å²) in [6.45, 7) is 11.1. The van der Waals surface area contributed by atoms with Crippen LogP contribution in [0.15, 0.2) is 24.8 Å². The molecule has 4 aliphatic rings. The lowest BCUT2D eigenvalue weighted by Gasteiger charge is -2.64. The summed E-state index contributed by atoms with van der Waals surface area (Å²) in [6.07, 6.45) is 2.74. The number of piperidine rings is 1. The number of amides is 3. The number of nitrogens with one attached hydrogen (secondary N) is 2. The smallest absolute Gasteiger partial charge is 0.415 e. The van der Waals surface area contributed by atoms with Crippen molar-refractivity contribution in [2.24, 2.45) is 5.92 Å². The Balaban J connectivity index is 1.33. The van der Waals surface area contributed by atoms with Gasteiger partial charge in [0.1, 0.15) is 17.7 Å². The number of ether oxygens (including phenoxy) is 2. The van der Waals surface area contributed by atoms with Crippen LogP contribution in [-0.4, -0.2) is 102 Å². The van der Waals surface area contributed by atoms with Crippen molar-refractivity contribution in [2.75, 3.05) is 40.3 Å². The second-order valence-corrected chi connectivity index (χ2v) is 13.4. The van der Waals surface area contributed by atoms with Crippen molar-refractivity contribution in [2.45, 2.75) is 82.1 Å². The molecule has 2 fully saturated rings. The van der Waals surface area contributed by atoms with Crippen LogP contribution in [0, 0.1) is 5.92 Å². The van der Waals surface area contributed by atoms with Crippen LogP contribution in [0.1, 0.15) is 57.6 Å². The Morgan fingerprint density at radius 3 is 2.72 bits per heavy atom. The second-order valence-electron chi connectivity index (χ2n) is 13.4. The monoisotopic (exact) mass is 597 g/mol. The Morgan fingerprint density at radius 2 is 2.05 bits per heavy atom. The largest absolute Gasteiger partial charge is 0.477 e. The first-order valence-corrected chi connectivity index (χ1v) is 15.3. The van der Waals surface area contributed by atoms with Crippen molar-refractivity contribution in [3.8, 4) is 11.5 Å². The molecule has 1 unspecified atom stereocenters. The van der Waals surface area contributed by atoms with Crippen LogP contribution >= 0.6 is 0 Å². The second kappa shape index (κ2) is 11.2. The number of quaternary nitrogens is 1. The molecule has 1 spiro atoms. The number of aliphatic hydroxyl groups is 1. The van der Waals surface area contributed by atoms with Gasteiger partial charge in [-0.25, -0.2) is 4.79 Å². The Kier molecular flexibility index (Phi) is 8.11. The minimum absolute atomic E-state index is 0.0348. The first-order chi connectivity index (χ1) is 20.3. The lowest BCUT2D eigenvalue weighted by Crippen LogP contribution is -2.80. The number of hydrogen-bond acceptors (Lipinski definition) is 7. The molecule has 0 radical (unpaired) electrons. The zero-order valence-corrected chi connectivity index (χ0v) is 25.9. The SMILES string of the molecule is C=CC[N+]1(C)CC[C@]23c4c5ccc(OC(=O)N(C)CCNC(=O)[C@H](CC(C)C)NC(C)=O)c4O[C@H]2C(=O)CC[C@@]3(O)[C@H]1C5. The summed E-state index contributed by atoms with van der Waals surface area (Å²) in [6, 6.07) is 2.88. The highest BCUT2D eigenvalue weighted by atomic mass is 16.6. The summed E-state index contributed by atoms with van der Waals surface area (Å²) in [7, 11) is 3.72. The van der Waals surface area contributed by atoms with Crippen molar-refractivity contribution >= 4 is 23.7 Å². The molecule has 1 saturated carbocycles. The molecule has 5 rings (SSSR count). The lowest BCUT2D eigenvalue weighted by atomic mass is 9.48. The Morgan fingerprint density at radius 1 is 1.30 bits per heavy atom. The van der Waals surface area contributed by atoms with Gasteiger partial charge < -0.3 is 34.6 Å². The van der Waals surface area contributed by atoms with Gasteiger partial charge >= 0.3 is 6.09 Å². The van der Waals surface area contributed by atoms with E-state index in [0.29, 0.717) is 35.9 Å². The Bertz CT molecular complexity index is 1350. The number of ketones is 1. The van der Waals surface area contributed by atoms with Gasteiger partial charge in [0, 0.05) is 51.9 Å². The number of likely N-dealkylation sites (tertiary alicyclic amines) is 1. The highest BCUT2D eigenvalue weighted by molar-refractivity contribution is 5.90. The first kappa shape index (κ1) is 31.0. The predicted molar refractivity (Wildman–Crippen MR) is 159 cm³/mol. The van der Waals surface area contributed by atoms with Crippen LogP contribution in [-0.2, 0) is 26.2 Å². The maximum atomic E-state index is 13.3. The first-order valence-electron chi connectivity index (χ1n) is 15.3. The molecule has 3 N–H and O–H groups in total. The maximum absolute atomic E-state index is 13.3. The Labute approximate surface area is 253 Å². The summed E-state index contributed by atoms with van der Waals surface area (Å²) >= 11 is 0.